The highest BCUT2D eigenvalue weighted by molar-refractivity contribution is 5.87. The van der Waals surface area contributed by atoms with E-state index in [1.807, 2.05) is 0 Å². The van der Waals surface area contributed by atoms with Gasteiger partial charge in [-0.25, -0.2) is 0 Å². The van der Waals surface area contributed by atoms with Crippen LogP contribution in [0.25, 0.3) is 0 Å². The average molecular weight is 237 g/mol. The number of amides is 1. The van der Waals surface area contributed by atoms with Crippen LogP contribution in [0.1, 0.15) is 0 Å². The lowest BCUT2D eigenvalue weighted by Gasteiger charge is -2.32. The van der Waals surface area contributed by atoms with Gasteiger partial charge in [0.1, 0.15) is 0 Å². The fraction of sp³-hybridized carbons (Fsp3) is 0.500. The number of carbonyl (C=O) groups excluding carboxylic acids is 1. The van der Waals surface area contributed by atoms with Crippen LogP contribution in [0.15, 0.2) is 12.7 Å². The van der Waals surface area contributed by atoms with Crippen molar-refractivity contribution in [3.63, 3.8) is 0 Å². The monoisotopic (exact) mass is 237 g/mol. The second-order valence-corrected chi connectivity index (χ2v) is 2.40. The first kappa shape index (κ1) is 13.8. The summed E-state index contributed by atoms with van der Waals surface area (Å²) in [7, 11) is 0. The molecule has 1 amide bonds. The van der Waals surface area contributed by atoms with Gasteiger partial charge in [0, 0.05) is 0 Å². The molecule has 2 N–H and O–H groups in total. The Hall–Kier alpha value is -1.25. The zero-order valence-electron chi connectivity index (χ0n) is 6.91. The van der Waals surface area contributed by atoms with Crippen LogP contribution in [0.4, 0.5) is 26.3 Å². The van der Waals surface area contributed by atoms with Crippen LogP contribution in [0.3, 0.4) is 0 Å². The smallest absolute Gasteiger partial charge is 0.357 e. The van der Waals surface area contributed by atoms with Gasteiger partial charge in [-0.1, -0.05) is 6.58 Å². The van der Waals surface area contributed by atoms with Crippen LogP contribution in [-0.2, 0) is 4.79 Å². The molecular weight excluding hydrogens is 232 g/mol. The quantitative estimate of drug-likeness (QED) is 0.429. The van der Waals surface area contributed by atoms with Crippen LogP contribution in [0.5, 0.6) is 0 Å². The molecule has 0 aromatic heterocycles. The minimum Gasteiger partial charge on any atom is -0.357 e. The Balaban J connectivity index is 5.24. The van der Waals surface area contributed by atoms with Gasteiger partial charge in [-0.05, 0) is 6.08 Å². The van der Waals surface area contributed by atoms with Crippen molar-refractivity contribution in [1.82, 2.24) is 5.32 Å². The van der Waals surface area contributed by atoms with Crippen molar-refractivity contribution in [3.8, 4) is 0 Å². The first-order valence-corrected chi connectivity index (χ1v) is 3.26. The second-order valence-electron chi connectivity index (χ2n) is 2.40. The molecule has 15 heavy (non-hydrogen) atoms. The molecule has 0 atom stereocenters. The number of nitrogens with one attached hydrogen (secondary N) is 1. The van der Waals surface area contributed by atoms with E-state index in [1.54, 1.807) is 0 Å². The molecular formula is C6H5F6NO2. The molecule has 88 valence electrons. The maximum Gasteiger partial charge on any atom is 0.446 e. The Kier molecular flexibility index (Phi) is 3.41. The van der Waals surface area contributed by atoms with Crippen molar-refractivity contribution in [2.75, 3.05) is 0 Å². The standard InChI is InChI=1S/C6H5F6NO2/c1-2-3(14)13-4(15,5(7,8)9)6(10,11)12/h2,15H,1H2,(H,13,14). The lowest BCUT2D eigenvalue weighted by molar-refractivity contribution is -0.376. The fourth-order valence-corrected chi connectivity index (χ4v) is 0.532. The Labute approximate surface area is 79.4 Å². The molecule has 9 heteroatoms. The lowest BCUT2D eigenvalue weighted by Crippen LogP contribution is -2.67. The van der Waals surface area contributed by atoms with Crippen molar-refractivity contribution < 1.29 is 36.2 Å². The van der Waals surface area contributed by atoms with E-state index in [1.165, 1.54) is 0 Å². The third-order valence-electron chi connectivity index (χ3n) is 1.31. The zero-order valence-corrected chi connectivity index (χ0v) is 6.91. The summed E-state index contributed by atoms with van der Waals surface area (Å²) in [5.41, 5.74) is -5.27. The fourth-order valence-electron chi connectivity index (χ4n) is 0.532. The highest BCUT2D eigenvalue weighted by atomic mass is 19.4. The molecule has 0 aliphatic rings. The number of rotatable bonds is 2. The summed E-state index contributed by atoms with van der Waals surface area (Å²) in [6, 6.07) is 0. The SMILES string of the molecule is C=CC(=O)NC(O)(C(F)(F)F)C(F)(F)F. The summed E-state index contributed by atoms with van der Waals surface area (Å²) in [6.07, 6.45) is -12.0. The van der Waals surface area contributed by atoms with Gasteiger partial charge in [0.2, 0.25) is 5.91 Å². The average Bonchev–Trinajstić information content (AvgIpc) is 1.99. The van der Waals surface area contributed by atoms with Crippen LogP contribution >= 0.6 is 0 Å². The van der Waals surface area contributed by atoms with E-state index < -0.39 is 24.0 Å². The normalized spacial score (nSPS) is 13.5. The highest BCUT2D eigenvalue weighted by Crippen LogP contribution is 2.40. The second kappa shape index (κ2) is 3.72. The number of halogens is 6. The largest absolute Gasteiger partial charge is 0.446 e. The number of alkyl halides is 6. The van der Waals surface area contributed by atoms with E-state index in [2.05, 4.69) is 6.58 Å². The van der Waals surface area contributed by atoms with Crippen molar-refractivity contribution in [3.05, 3.63) is 12.7 Å². The molecule has 0 fully saturated rings. The number of aliphatic hydroxyl groups is 1. The Morgan fingerprint density at radius 1 is 1.13 bits per heavy atom. The van der Waals surface area contributed by atoms with Crippen LogP contribution in [0, 0.1) is 0 Å². The summed E-state index contributed by atoms with van der Waals surface area (Å²) >= 11 is 0. The van der Waals surface area contributed by atoms with E-state index in [0.29, 0.717) is 5.32 Å². The molecule has 0 saturated heterocycles. The molecule has 0 spiro atoms. The van der Waals surface area contributed by atoms with Gasteiger partial charge in [-0.3, -0.25) is 4.79 Å². The first-order chi connectivity index (χ1) is 6.45. The van der Waals surface area contributed by atoms with Crippen LogP contribution in [-0.4, -0.2) is 29.1 Å². The molecule has 0 aliphatic carbocycles. The van der Waals surface area contributed by atoms with E-state index in [0.717, 1.165) is 0 Å². The van der Waals surface area contributed by atoms with Crippen molar-refractivity contribution >= 4 is 5.91 Å². The van der Waals surface area contributed by atoms with E-state index in [-0.39, 0.29) is 6.08 Å². The maximum absolute atomic E-state index is 11.9. The minimum absolute atomic E-state index is 0.169. The predicted octanol–water partition coefficient (Wildman–Crippen LogP) is 1.10. The predicted molar refractivity (Wildman–Crippen MR) is 35.4 cm³/mol. The molecule has 0 unspecified atom stereocenters. The Morgan fingerprint density at radius 2 is 1.47 bits per heavy atom. The first-order valence-electron chi connectivity index (χ1n) is 3.26. The Morgan fingerprint density at radius 3 is 1.67 bits per heavy atom. The number of hydrogen-bond acceptors (Lipinski definition) is 2. The van der Waals surface area contributed by atoms with Gasteiger partial charge in [0.05, 0.1) is 0 Å². The molecule has 0 heterocycles. The van der Waals surface area contributed by atoms with Gasteiger partial charge in [0.15, 0.2) is 0 Å². The summed E-state index contributed by atoms with van der Waals surface area (Å²) < 4.78 is 71.3. The van der Waals surface area contributed by atoms with Gasteiger partial charge in [-0.2, -0.15) is 26.3 Å². The van der Waals surface area contributed by atoms with Crippen molar-refractivity contribution in [2.24, 2.45) is 0 Å². The third kappa shape index (κ3) is 2.61. The van der Waals surface area contributed by atoms with Gasteiger partial charge in [-0.15, -0.1) is 0 Å². The molecule has 0 aromatic carbocycles. The topological polar surface area (TPSA) is 49.3 Å². The van der Waals surface area contributed by atoms with Gasteiger partial charge < -0.3 is 10.4 Å². The van der Waals surface area contributed by atoms with Crippen LogP contribution in [0.2, 0.25) is 0 Å². The van der Waals surface area contributed by atoms with E-state index >= 15 is 0 Å². The van der Waals surface area contributed by atoms with Gasteiger partial charge >= 0.3 is 18.1 Å². The highest BCUT2D eigenvalue weighted by Gasteiger charge is 2.71. The lowest BCUT2D eigenvalue weighted by atomic mass is 10.2. The summed E-state index contributed by atoms with van der Waals surface area (Å²) in [4.78, 5) is 10.3. The van der Waals surface area contributed by atoms with Crippen LogP contribution < -0.4 is 5.32 Å². The summed E-state index contributed by atoms with van der Waals surface area (Å²) in [5, 5.41) is 8.73. The van der Waals surface area contributed by atoms with E-state index in [9.17, 15) is 31.1 Å². The molecule has 0 radical (unpaired) electrons. The third-order valence-corrected chi connectivity index (χ3v) is 1.31. The summed E-state index contributed by atoms with van der Waals surface area (Å²) in [5.74, 6) is -1.80. The van der Waals surface area contributed by atoms with Crippen molar-refractivity contribution in [2.45, 2.75) is 18.1 Å². The molecule has 0 saturated carbocycles. The van der Waals surface area contributed by atoms with E-state index in [4.69, 9.17) is 5.11 Å². The minimum atomic E-state index is -6.08. The van der Waals surface area contributed by atoms with Gasteiger partial charge in [0.25, 0.3) is 0 Å². The summed E-state index contributed by atoms with van der Waals surface area (Å²) in [6.45, 7) is 2.65. The molecule has 3 nitrogen and oxygen atoms in total. The Bertz CT molecular complexity index is 254. The van der Waals surface area contributed by atoms with Crippen molar-refractivity contribution in [1.29, 1.82) is 0 Å². The zero-order chi connectivity index (χ0) is 12.5. The maximum atomic E-state index is 11.9. The molecule has 0 bridgehead atoms. The number of hydrogen-bond donors (Lipinski definition) is 2. The molecule has 0 aromatic rings. The molecule has 0 aliphatic heterocycles. The number of carbonyl (C=O) groups is 1. The molecule has 0 rings (SSSR count).